The summed E-state index contributed by atoms with van der Waals surface area (Å²) in [5.41, 5.74) is 1.13. The van der Waals surface area contributed by atoms with E-state index in [-0.39, 0.29) is 30.1 Å². The maximum absolute atomic E-state index is 5.91. The van der Waals surface area contributed by atoms with Crippen LogP contribution < -0.4 is 5.32 Å². The Morgan fingerprint density at radius 1 is 1.50 bits per heavy atom. The zero-order valence-corrected chi connectivity index (χ0v) is 17.6. The van der Waals surface area contributed by atoms with E-state index in [2.05, 4.69) is 41.2 Å². The van der Waals surface area contributed by atoms with Gasteiger partial charge < -0.3 is 19.9 Å². The van der Waals surface area contributed by atoms with E-state index in [1.165, 1.54) is 0 Å². The van der Waals surface area contributed by atoms with E-state index in [4.69, 9.17) is 9.73 Å². The van der Waals surface area contributed by atoms with Crippen molar-refractivity contribution in [1.29, 1.82) is 0 Å². The summed E-state index contributed by atoms with van der Waals surface area (Å²) in [6.07, 6.45) is 5.03. The molecule has 2 heterocycles. The summed E-state index contributed by atoms with van der Waals surface area (Å²) in [7, 11) is 6.12. The summed E-state index contributed by atoms with van der Waals surface area (Å²) < 4.78 is 7.73. The van der Waals surface area contributed by atoms with Crippen molar-refractivity contribution in [2.24, 2.45) is 12.0 Å². The van der Waals surface area contributed by atoms with E-state index in [0.717, 1.165) is 50.7 Å². The summed E-state index contributed by atoms with van der Waals surface area (Å²) in [4.78, 5) is 9.25. The van der Waals surface area contributed by atoms with E-state index in [1.807, 2.05) is 24.1 Å². The van der Waals surface area contributed by atoms with Crippen LogP contribution in [0.1, 0.15) is 25.0 Å². The van der Waals surface area contributed by atoms with Crippen LogP contribution in [-0.4, -0.2) is 79.0 Å². The molecule has 0 spiro atoms. The number of nitrogens with zero attached hydrogens (tertiary/aromatic N) is 5. The normalized spacial score (nSPS) is 18.6. The summed E-state index contributed by atoms with van der Waals surface area (Å²) in [6, 6.07) is 0. The van der Waals surface area contributed by atoms with Crippen molar-refractivity contribution < 1.29 is 4.74 Å². The van der Waals surface area contributed by atoms with Crippen molar-refractivity contribution in [2.45, 2.75) is 19.4 Å². The standard InChI is InChI=1S/C16H30N6O.HI/c1-5-17-16(18-7-6-8-20(2)3)22-9-10-23-15(13-22)14-11-19-21(4)12-14;/h11-12,15H,5-10,13H2,1-4H3,(H,17,18);1H. The van der Waals surface area contributed by atoms with Gasteiger partial charge in [-0.1, -0.05) is 0 Å². The molecule has 0 bridgehead atoms. The Morgan fingerprint density at radius 3 is 2.92 bits per heavy atom. The summed E-state index contributed by atoms with van der Waals surface area (Å²) >= 11 is 0. The fraction of sp³-hybridized carbons (Fsp3) is 0.750. The first kappa shape index (κ1) is 21.2. The van der Waals surface area contributed by atoms with Gasteiger partial charge in [0.25, 0.3) is 0 Å². The molecule has 1 aromatic rings. The molecule has 1 saturated heterocycles. The SMILES string of the molecule is CCNC(=NCCCN(C)C)N1CCOC(c2cnn(C)c2)C1.I. The lowest BCUT2D eigenvalue weighted by Gasteiger charge is -2.34. The monoisotopic (exact) mass is 450 g/mol. The van der Waals surface area contributed by atoms with Crippen molar-refractivity contribution in [2.75, 3.05) is 53.4 Å². The van der Waals surface area contributed by atoms with E-state index in [1.54, 1.807) is 0 Å². The largest absolute Gasteiger partial charge is 0.370 e. The van der Waals surface area contributed by atoms with Crippen LogP contribution in [0.4, 0.5) is 0 Å². The molecular formula is C16H31IN6O. The molecule has 7 nitrogen and oxygen atoms in total. The van der Waals surface area contributed by atoms with Crippen molar-refractivity contribution >= 4 is 29.9 Å². The maximum atomic E-state index is 5.91. The first-order valence-electron chi connectivity index (χ1n) is 8.38. The second-order valence-electron chi connectivity index (χ2n) is 6.15. The number of halogens is 1. The zero-order valence-electron chi connectivity index (χ0n) is 15.2. The second kappa shape index (κ2) is 10.9. The van der Waals surface area contributed by atoms with Crippen LogP contribution in [0.3, 0.4) is 0 Å². The van der Waals surface area contributed by atoms with Crippen molar-refractivity contribution in [1.82, 2.24) is 24.9 Å². The minimum Gasteiger partial charge on any atom is -0.370 e. The lowest BCUT2D eigenvalue weighted by atomic mass is 10.1. The Balaban J connectivity index is 0.00000288. The van der Waals surface area contributed by atoms with Crippen molar-refractivity contribution in [3.8, 4) is 0 Å². The molecule has 1 atom stereocenters. The summed E-state index contributed by atoms with van der Waals surface area (Å²) in [5, 5.41) is 7.65. The molecule has 0 aliphatic carbocycles. The number of aryl methyl sites for hydroxylation is 1. The first-order valence-corrected chi connectivity index (χ1v) is 8.38. The summed E-state index contributed by atoms with van der Waals surface area (Å²) in [6.45, 7) is 7.28. The van der Waals surface area contributed by atoms with Gasteiger partial charge in [0.1, 0.15) is 6.10 Å². The van der Waals surface area contributed by atoms with Crippen LogP contribution in [0.15, 0.2) is 17.4 Å². The highest BCUT2D eigenvalue weighted by atomic mass is 127. The highest BCUT2D eigenvalue weighted by Gasteiger charge is 2.25. The Labute approximate surface area is 162 Å². The number of hydrogen-bond donors (Lipinski definition) is 1. The fourth-order valence-electron chi connectivity index (χ4n) is 2.65. The molecule has 24 heavy (non-hydrogen) atoms. The number of hydrogen-bond acceptors (Lipinski definition) is 4. The van der Waals surface area contributed by atoms with Gasteiger partial charge in [-0.15, -0.1) is 24.0 Å². The van der Waals surface area contributed by atoms with Crippen LogP contribution in [0, 0.1) is 0 Å². The van der Waals surface area contributed by atoms with Gasteiger partial charge in [0, 0.05) is 38.4 Å². The van der Waals surface area contributed by atoms with Crippen LogP contribution >= 0.6 is 24.0 Å². The van der Waals surface area contributed by atoms with Crippen molar-refractivity contribution in [3.05, 3.63) is 18.0 Å². The first-order chi connectivity index (χ1) is 11.1. The minimum absolute atomic E-state index is 0. The van der Waals surface area contributed by atoms with E-state index >= 15 is 0 Å². The highest BCUT2D eigenvalue weighted by molar-refractivity contribution is 14.0. The zero-order chi connectivity index (χ0) is 16.7. The van der Waals surface area contributed by atoms with Gasteiger partial charge in [0.2, 0.25) is 0 Å². The van der Waals surface area contributed by atoms with Gasteiger partial charge in [-0.3, -0.25) is 9.67 Å². The molecule has 138 valence electrons. The topological polar surface area (TPSA) is 57.9 Å². The number of morpholine rings is 1. The van der Waals surface area contributed by atoms with Crippen LogP contribution in [0.25, 0.3) is 0 Å². The molecule has 1 fully saturated rings. The third-order valence-electron chi connectivity index (χ3n) is 3.82. The molecule has 1 aliphatic heterocycles. The lowest BCUT2D eigenvalue weighted by molar-refractivity contribution is -0.00804. The Bertz CT molecular complexity index is 505. The number of aliphatic imine (C=N–C) groups is 1. The lowest BCUT2D eigenvalue weighted by Crippen LogP contribution is -2.48. The average Bonchev–Trinajstić information content (AvgIpc) is 2.97. The number of aromatic nitrogens is 2. The molecule has 1 aliphatic rings. The Kier molecular flexibility index (Phi) is 9.60. The van der Waals surface area contributed by atoms with Gasteiger partial charge in [0.15, 0.2) is 5.96 Å². The van der Waals surface area contributed by atoms with Crippen molar-refractivity contribution in [3.63, 3.8) is 0 Å². The van der Waals surface area contributed by atoms with E-state index in [0.29, 0.717) is 6.61 Å². The highest BCUT2D eigenvalue weighted by Crippen LogP contribution is 2.21. The van der Waals surface area contributed by atoms with E-state index in [9.17, 15) is 0 Å². The number of ether oxygens (including phenoxy) is 1. The van der Waals surface area contributed by atoms with Crippen LogP contribution in [0.2, 0.25) is 0 Å². The number of nitrogens with one attached hydrogen (secondary N) is 1. The molecule has 8 heteroatoms. The smallest absolute Gasteiger partial charge is 0.194 e. The van der Waals surface area contributed by atoms with Gasteiger partial charge in [-0.25, -0.2) is 0 Å². The van der Waals surface area contributed by atoms with Gasteiger partial charge >= 0.3 is 0 Å². The predicted molar refractivity (Wildman–Crippen MR) is 108 cm³/mol. The molecule has 1 N–H and O–H groups in total. The molecule has 0 saturated carbocycles. The van der Waals surface area contributed by atoms with E-state index < -0.39 is 0 Å². The van der Waals surface area contributed by atoms with Gasteiger partial charge in [-0.05, 0) is 34.0 Å². The molecule has 0 amide bonds. The molecule has 1 unspecified atom stereocenters. The molecule has 2 rings (SSSR count). The van der Waals surface area contributed by atoms with Crippen LogP contribution in [-0.2, 0) is 11.8 Å². The van der Waals surface area contributed by atoms with Crippen LogP contribution in [0.5, 0.6) is 0 Å². The molecule has 0 aromatic carbocycles. The van der Waals surface area contributed by atoms with Gasteiger partial charge in [-0.2, -0.15) is 5.10 Å². The summed E-state index contributed by atoms with van der Waals surface area (Å²) in [5.74, 6) is 0.989. The third-order valence-corrected chi connectivity index (χ3v) is 3.82. The molecular weight excluding hydrogens is 419 g/mol. The number of guanidine groups is 1. The average molecular weight is 450 g/mol. The maximum Gasteiger partial charge on any atom is 0.194 e. The third kappa shape index (κ3) is 6.56. The predicted octanol–water partition coefficient (Wildman–Crippen LogP) is 1.33. The van der Waals surface area contributed by atoms with Gasteiger partial charge in [0.05, 0.1) is 19.3 Å². The fourth-order valence-corrected chi connectivity index (χ4v) is 2.65. The second-order valence-corrected chi connectivity index (χ2v) is 6.15. The minimum atomic E-state index is 0. The number of rotatable bonds is 6. The Morgan fingerprint density at radius 2 is 2.29 bits per heavy atom. The molecule has 1 aromatic heterocycles. The Hall–Kier alpha value is -0.870. The molecule has 0 radical (unpaired) electrons. The quantitative estimate of drug-likeness (QED) is 0.307.